The van der Waals surface area contributed by atoms with Crippen LogP contribution in [0.3, 0.4) is 0 Å². The van der Waals surface area contributed by atoms with Gasteiger partial charge in [0.2, 0.25) is 5.03 Å². The van der Waals surface area contributed by atoms with Gasteiger partial charge in [-0.1, -0.05) is 11.6 Å². The Balaban J connectivity index is 1.91. The van der Waals surface area contributed by atoms with E-state index in [-0.39, 0.29) is 11.3 Å². The number of amides is 1. The number of hydrogen-bond donors (Lipinski definition) is 3. The molecule has 11 heteroatoms. The summed E-state index contributed by atoms with van der Waals surface area (Å²) in [7, 11) is -1.18. The number of carbonyl (C=O) groups excluding carboxylic acids is 1. The second-order valence-corrected chi connectivity index (χ2v) is 8.23. The fraction of sp³-hybridized carbons (Fsp3) is 0.158. The van der Waals surface area contributed by atoms with Crippen LogP contribution in [-0.4, -0.2) is 38.7 Å². The maximum absolute atomic E-state index is 12.9. The molecule has 1 aromatic heterocycles. The van der Waals surface area contributed by atoms with Crippen LogP contribution in [0.25, 0.3) is 0 Å². The normalized spacial score (nSPS) is 11.1. The first-order valence-electron chi connectivity index (χ1n) is 8.61. The van der Waals surface area contributed by atoms with Crippen molar-refractivity contribution in [3.05, 3.63) is 58.7 Å². The van der Waals surface area contributed by atoms with Crippen molar-refractivity contribution in [3.63, 3.8) is 0 Å². The van der Waals surface area contributed by atoms with E-state index < -0.39 is 21.0 Å². The first-order valence-corrected chi connectivity index (χ1v) is 10.5. The highest BCUT2D eigenvalue weighted by atomic mass is 35.5. The Labute approximate surface area is 178 Å². The van der Waals surface area contributed by atoms with Crippen LogP contribution >= 0.6 is 11.6 Å². The number of nitrogens with zero attached hydrogens (tertiary/aromatic N) is 1. The Bertz CT molecular complexity index is 1150. The number of hydrogen-bond acceptors (Lipinski definition) is 6. The minimum Gasteiger partial charge on any atom is -0.497 e. The maximum atomic E-state index is 12.9. The molecule has 0 aliphatic carbocycles. The lowest BCUT2D eigenvalue weighted by atomic mass is 10.2. The van der Waals surface area contributed by atoms with Gasteiger partial charge in [-0.05, 0) is 31.2 Å². The lowest BCUT2D eigenvalue weighted by molar-refractivity contribution is 0.102. The summed E-state index contributed by atoms with van der Waals surface area (Å²) in [5.41, 5.74) is 0.826. The Morgan fingerprint density at radius 1 is 1.03 bits per heavy atom. The number of aryl methyl sites for hydroxylation is 1. The highest BCUT2D eigenvalue weighted by Gasteiger charge is 2.28. The molecule has 0 saturated heterocycles. The summed E-state index contributed by atoms with van der Waals surface area (Å²) in [6, 6.07) is 10.9. The van der Waals surface area contributed by atoms with E-state index in [9.17, 15) is 13.2 Å². The number of sulfonamides is 1. The average molecular weight is 451 g/mol. The van der Waals surface area contributed by atoms with Gasteiger partial charge in [0.05, 0.1) is 14.2 Å². The quantitative estimate of drug-likeness (QED) is 0.506. The number of aromatic amines is 1. The van der Waals surface area contributed by atoms with Crippen molar-refractivity contribution >= 4 is 38.9 Å². The molecule has 0 radical (unpaired) electrons. The molecule has 1 amide bonds. The zero-order chi connectivity index (χ0) is 21.9. The Kier molecular flexibility index (Phi) is 6.18. The molecule has 2 aromatic carbocycles. The summed E-state index contributed by atoms with van der Waals surface area (Å²) < 4.78 is 38.4. The number of methoxy groups -OCH3 is 2. The molecule has 0 aliphatic rings. The number of ether oxygens (including phenoxy) is 2. The molecule has 0 saturated carbocycles. The number of carbonyl (C=O) groups is 1. The van der Waals surface area contributed by atoms with Gasteiger partial charge in [0, 0.05) is 40.3 Å². The molecule has 9 nitrogen and oxygen atoms in total. The van der Waals surface area contributed by atoms with Crippen LogP contribution in [0.1, 0.15) is 16.1 Å². The lowest BCUT2D eigenvalue weighted by Crippen LogP contribution is -2.20. The van der Waals surface area contributed by atoms with Gasteiger partial charge in [0.15, 0.2) is 0 Å². The van der Waals surface area contributed by atoms with Gasteiger partial charge in [-0.3, -0.25) is 14.6 Å². The summed E-state index contributed by atoms with van der Waals surface area (Å²) in [5.74, 6) is 0.268. The third kappa shape index (κ3) is 4.66. The van der Waals surface area contributed by atoms with Gasteiger partial charge >= 0.3 is 0 Å². The average Bonchev–Trinajstić information content (AvgIpc) is 3.11. The van der Waals surface area contributed by atoms with E-state index in [1.807, 2.05) is 0 Å². The van der Waals surface area contributed by atoms with Crippen molar-refractivity contribution in [1.82, 2.24) is 10.2 Å². The molecular weight excluding hydrogens is 432 g/mol. The van der Waals surface area contributed by atoms with Gasteiger partial charge in [-0.2, -0.15) is 13.5 Å². The molecule has 158 valence electrons. The summed E-state index contributed by atoms with van der Waals surface area (Å²) in [5, 5.41) is 9.05. The van der Waals surface area contributed by atoms with E-state index in [2.05, 4.69) is 20.2 Å². The van der Waals surface area contributed by atoms with E-state index >= 15 is 0 Å². The molecule has 3 aromatic rings. The van der Waals surface area contributed by atoms with Crippen molar-refractivity contribution in [3.8, 4) is 11.5 Å². The fourth-order valence-corrected chi connectivity index (χ4v) is 4.01. The second-order valence-electron chi connectivity index (χ2n) is 6.20. The maximum Gasteiger partial charge on any atom is 0.282 e. The molecule has 3 rings (SSSR count). The standard InChI is InChI=1S/C19H19ClN4O5S/c1-11-17(18(25)21-14-8-15(28-2)10-16(9-14)29-3)19(23-22-11)30(26,27)24-13-6-4-12(20)5-7-13/h4-10,24H,1-3H3,(H,21,25)(H,22,23). The molecule has 3 N–H and O–H groups in total. The van der Waals surface area contributed by atoms with Crippen molar-refractivity contribution < 1.29 is 22.7 Å². The largest absolute Gasteiger partial charge is 0.497 e. The predicted octanol–water partition coefficient (Wildman–Crippen LogP) is 3.44. The van der Waals surface area contributed by atoms with Crippen LogP contribution in [0.2, 0.25) is 5.02 Å². The highest BCUT2D eigenvalue weighted by molar-refractivity contribution is 7.92. The van der Waals surface area contributed by atoms with Crippen LogP contribution in [0.4, 0.5) is 11.4 Å². The van der Waals surface area contributed by atoms with Crippen LogP contribution in [0, 0.1) is 6.92 Å². The molecule has 1 heterocycles. The molecule has 0 unspecified atom stereocenters. The van der Waals surface area contributed by atoms with E-state index in [1.54, 1.807) is 37.3 Å². The Morgan fingerprint density at radius 2 is 1.63 bits per heavy atom. The first-order chi connectivity index (χ1) is 14.2. The van der Waals surface area contributed by atoms with Gasteiger partial charge in [0.25, 0.3) is 15.9 Å². The molecule has 30 heavy (non-hydrogen) atoms. The van der Waals surface area contributed by atoms with Crippen LogP contribution in [0.15, 0.2) is 47.5 Å². The monoisotopic (exact) mass is 450 g/mol. The van der Waals surface area contributed by atoms with Crippen molar-refractivity contribution in [1.29, 1.82) is 0 Å². The van der Waals surface area contributed by atoms with Crippen molar-refractivity contribution in [2.24, 2.45) is 0 Å². The number of nitrogens with one attached hydrogen (secondary N) is 3. The molecule has 0 atom stereocenters. The molecule has 0 bridgehead atoms. The summed E-state index contributed by atoms with van der Waals surface area (Å²) >= 11 is 5.82. The van der Waals surface area contributed by atoms with E-state index in [0.717, 1.165) is 0 Å². The zero-order valence-corrected chi connectivity index (χ0v) is 17.9. The molecular formula is C19H19ClN4O5S. The summed E-state index contributed by atoms with van der Waals surface area (Å²) in [4.78, 5) is 12.9. The molecule has 0 aliphatic heterocycles. The number of rotatable bonds is 7. The highest BCUT2D eigenvalue weighted by Crippen LogP contribution is 2.27. The summed E-state index contributed by atoms with van der Waals surface area (Å²) in [6.07, 6.45) is 0. The minimum atomic E-state index is -4.14. The molecule has 0 spiro atoms. The second kappa shape index (κ2) is 8.64. The summed E-state index contributed by atoms with van der Waals surface area (Å²) in [6.45, 7) is 1.55. The molecule has 0 fully saturated rings. The number of halogens is 1. The topological polar surface area (TPSA) is 122 Å². The van der Waals surface area contributed by atoms with Crippen molar-refractivity contribution in [2.45, 2.75) is 11.9 Å². The third-order valence-corrected chi connectivity index (χ3v) is 5.66. The van der Waals surface area contributed by atoms with Gasteiger partial charge < -0.3 is 14.8 Å². The number of aromatic nitrogens is 2. The number of benzene rings is 2. The number of anilines is 2. The van der Waals surface area contributed by atoms with Gasteiger partial charge in [-0.25, -0.2) is 0 Å². The SMILES string of the molecule is COc1cc(NC(=O)c2c(S(=O)(=O)Nc3ccc(Cl)cc3)n[nH]c2C)cc(OC)c1. The van der Waals surface area contributed by atoms with Gasteiger partial charge in [0.1, 0.15) is 17.1 Å². The lowest BCUT2D eigenvalue weighted by Gasteiger charge is -2.11. The smallest absolute Gasteiger partial charge is 0.282 e. The van der Waals surface area contributed by atoms with E-state index in [1.165, 1.54) is 26.4 Å². The predicted molar refractivity (Wildman–Crippen MR) is 113 cm³/mol. The fourth-order valence-electron chi connectivity index (χ4n) is 2.66. The number of H-pyrrole nitrogens is 1. The Hall–Kier alpha value is -3.24. The van der Waals surface area contributed by atoms with Crippen LogP contribution in [-0.2, 0) is 10.0 Å². The Morgan fingerprint density at radius 3 is 2.20 bits per heavy atom. The third-order valence-electron chi connectivity index (χ3n) is 4.10. The zero-order valence-electron chi connectivity index (χ0n) is 16.3. The van der Waals surface area contributed by atoms with E-state index in [4.69, 9.17) is 21.1 Å². The first kappa shape index (κ1) is 21.5. The minimum absolute atomic E-state index is 0.113. The van der Waals surface area contributed by atoms with Crippen LogP contribution < -0.4 is 19.5 Å². The van der Waals surface area contributed by atoms with Gasteiger partial charge in [-0.15, -0.1) is 0 Å². The van der Waals surface area contributed by atoms with Crippen molar-refractivity contribution in [2.75, 3.05) is 24.3 Å². The van der Waals surface area contributed by atoms with E-state index in [0.29, 0.717) is 27.9 Å². The van der Waals surface area contributed by atoms with Crippen LogP contribution in [0.5, 0.6) is 11.5 Å².